The molecule has 2 nitrogen and oxygen atoms in total. The molecule has 1 saturated heterocycles. The van der Waals surface area contributed by atoms with E-state index in [1.807, 2.05) is 13.8 Å². The van der Waals surface area contributed by atoms with Gasteiger partial charge in [-0.15, -0.1) is 0 Å². The summed E-state index contributed by atoms with van der Waals surface area (Å²) in [5, 5.41) is 3.27. The van der Waals surface area contributed by atoms with Crippen LogP contribution in [0, 0.1) is 0 Å². The van der Waals surface area contributed by atoms with Crippen LogP contribution < -0.4 is 5.32 Å². The van der Waals surface area contributed by atoms with Crippen LogP contribution in [0.2, 0.25) is 0 Å². The molecule has 0 aromatic heterocycles. The van der Waals surface area contributed by atoms with Crippen LogP contribution in [-0.4, -0.2) is 38.1 Å². The fraction of sp³-hybridized carbons (Fsp3) is 1.00. The maximum absolute atomic E-state index is 3.27. The molecule has 2 heteroatoms. The number of likely N-dealkylation sites (N-methyl/N-ethyl adjacent to an activating group) is 1. The number of rotatable bonds is 2. The van der Waals surface area contributed by atoms with Crippen LogP contribution in [0.1, 0.15) is 47.0 Å². The van der Waals surface area contributed by atoms with Gasteiger partial charge < -0.3 is 10.2 Å². The van der Waals surface area contributed by atoms with Crippen LogP contribution in [0.15, 0.2) is 0 Å². The van der Waals surface area contributed by atoms with Crippen LogP contribution >= 0.6 is 0 Å². The van der Waals surface area contributed by atoms with E-state index in [9.17, 15) is 0 Å². The normalized spacial score (nSPS) is 16.1. The van der Waals surface area contributed by atoms with Crippen molar-refractivity contribution in [2.75, 3.05) is 33.2 Å². The zero-order valence-electron chi connectivity index (χ0n) is 10.9. The molecule has 0 radical (unpaired) electrons. The van der Waals surface area contributed by atoms with Gasteiger partial charge in [-0.2, -0.15) is 0 Å². The minimum Gasteiger partial charge on any atom is -0.314 e. The lowest BCUT2D eigenvalue weighted by Crippen LogP contribution is -2.40. The van der Waals surface area contributed by atoms with E-state index in [4.69, 9.17) is 0 Å². The second-order valence-electron chi connectivity index (χ2n) is 3.41. The molecule has 1 fully saturated rings. The smallest absolute Gasteiger partial charge is 0.0104 e. The lowest BCUT2D eigenvalue weighted by atomic mass is 10.3. The van der Waals surface area contributed by atoms with Crippen LogP contribution in [0.3, 0.4) is 0 Å². The molecule has 1 heterocycles. The summed E-state index contributed by atoms with van der Waals surface area (Å²) in [4.78, 5) is 2.33. The van der Waals surface area contributed by atoms with Crippen LogP contribution in [-0.2, 0) is 0 Å². The summed E-state index contributed by atoms with van der Waals surface area (Å²) < 4.78 is 0. The van der Waals surface area contributed by atoms with E-state index in [1.165, 1.54) is 32.4 Å². The standard InChI is InChI=1S/C5H12N2.C5H12.C2H6/c1-7-4-2-6-3-5-7;1-3-5-4-2;1-2/h6H,2-5H2,1H3;3-5H2,1-2H3;1-2H3. The molecule has 0 bridgehead atoms. The highest BCUT2D eigenvalue weighted by Gasteiger charge is 2.01. The Balaban J connectivity index is 0. The van der Waals surface area contributed by atoms with Crippen molar-refractivity contribution in [1.82, 2.24) is 10.2 Å². The monoisotopic (exact) mass is 202 g/mol. The van der Waals surface area contributed by atoms with Crippen molar-refractivity contribution in [2.24, 2.45) is 0 Å². The van der Waals surface area contributed by atoms with E-state index in [0.29, 0.717) is 0 Å². The highest BCUT2D eigenvalue weighted by Crippen LogP contribution is 1.88. The first kappa shape index (κ1) is 16.4. The summed E-state index contributed by atoms with van der Waals surface area (Å²) in [5.74, 6) is 0. The number of nitrogens with zero attached hydrogens (tertiary/aromatic N) is 1. The van der Waals surface area contributed by atoms with E-state index < -0.39 is 0 Å². The average Bonchev–Trinajstić information content (AvgIpc) is 2.24. The molecule has 0 saturated carbocycles. The molecular weight excluding hydrogens is 172 g/mol. The predicted octanol–water partition coefficient (Wildman–Crippen LogP) is 2.74. The van der Waals surface area contributed by atoms with E-state index in [0.717, 1.165) is 13.1 Å². The number of hydrogen-bond donors (Lipinski definition) is 1. The number of unbranched alkanes of at least 4 members (excludes halogenated alkanes) is 2. The Kier molecular flexibility index (Phi) is 18.0. The van der Waals surface area contributed by atoms with Crippen LogP contribution in [0.4, 0.5) is 0 Å². The Morgan fingerprint density at radius 3 is 1.57 bits per heavy atom. The third-order valence-corrected chi connectivity index (χ3v) is 2.05. The van der Waals surface area contributed by atoms with Crippen molar-refractivity contribution in [3.05, 3.63) is 0 Å². The Labute approximate surface area is 91.1 Å². The summed E-state index contributed by atoms with van der Waals surface area (Å²) in [6.07, 6.45) is 4.08. The van der Waals surface area contributed by atoms with Crippen LogP contribution in [0.5, 0.6) is 0 Å². The Morgan fingerprint density at radius 2 is 1.43 bits per heavy atom. The molecule has 0 spiro atoms. The second-order valence-corrected chi connectivity index (χ2v) is 3.41. The third kappa shape index (κ3) is 14.4. The van der Waals surface area contributed by atoms with Gasteiger partial charge in [0.1, 0.15) is 0 Å². The highest BCUT2D eigenvalue weighted by atomic mass is 15.2. The van der Waals surface area contributed by atoms with Crippen molar-refractivity contribution < 1.29 is 0 Å². The molecule has 1 N–H and O–H groups in total. The van der Waals surface area contributed by atoms with Gasteiger partial charge >= 0.3 is 0 Å². The zero-order valence-corrected chi connectivity index (χ0v) is 10.9. The maximum Gasteiger partial charge on any atom is 0.0104 e. The average molecular weight is 202 g/mol. The molecule has 14 heavy (non-hydrogen) atoms. The largest absolute Gasteiger partial charge is 0.314 e. The summed E-state index contributed by atoms with van der Waals surface area (Å²) in [6.45, 7) is 13.2. The minimum atomic E-state index is 1.16. The summed E-state index contributed by atoms with van der Waals surface area (Å²) in [7, 11) is 2.15. The third-order valence-electron chi connectivity index (χ3n) is 2.05. The van der Waals surface area contributed by atoms with Crippen molar-refractivity contribution in [3.63, 3.8) is 0 Å². The lowest BCUT2D eigenvalue weighted by molar-refractivity contribution is 0.291. The Morgan fingerprint density at radius 1 is 1.00 bits per heavy atom. The summed E-state index contributed by atoms with van der Waals surface area (Å²) >= 11 is 0. The van der Waals surface area contributed by atoms with Crippen molar-refractivity contribution >= 4 is 0 Å². The van der Waals surface area contributed by atoms with Gasteiger partial charge in [0.25, 0.3) is 0 Å². The molecule has 1 aliphatic rings. The number of hydrogen-bond acceptors (Lipinski definition) is 2. The number of nitrogens with one attached hydrogen (secondary N) is 1. The summed E-state index contributed by atoms with van der Waals surface area (Å²) in [6, 6.07) is 0. The van der Waals surface area contributed by atoms with E-state index in [1.54, 1.807) is 0 Å². The molecule has 1 rings (SSSR count). The summed E-state index contributed by atoms with van der Waals surface area (Å²) in [5.41, 5.74) is 0. The molecule has 0 unspecified atom stereocenters. The fourth-order valence-corrected chi connectivity index (χ4v) is 1.13. The fourth-order valence-electron chi connectivity index (χ4n) is 1.13. The number of piperazine rings is 1. The quantitative estimate of drug-likeness (QED) is 0.741. The molecular formula is C12H30N2. The molecule has 1 aliphatic heterocycles. The molecule has 0 amide bonds. The van der Waals surface area contributed by atoms with Gasteiger partial charge in [-0.25, -0.2) is 0 Å². The zero-order chi connectivity index (χ0) is 11.2. The SMILES string of the molecule is CC.CCCCC.CN1CCNCC1. The molecule has 0 aromatic rings. The maximum atomic E-state index is 3.27. The van der Waals surface area contributed by atoms with Gasteiger partial charge in [0.15, 0.2) is 0 Å². The van der Waals surface area contributed by atoms with Gasteiger partial charge in [-0.3, -0.25) is 0 Å². The van der Waals surface area contributed by atoms with Gasteiger partial charge in [-0.1, -0.05) is 47.0 Å². The molecule has 0 aromatic carbocycles. The van der Waals surface area contributed by atoms with Gasteiger partial charge in [-0.05, 0) is 7.05 Å². The Hall–Kier alpha value is -0.0800. The Bertz CT molecular complexity index is 76.4. The molecule has 88 valence electrons. The molecule has 0 aliphatic carbocycles. The van der Waals surface area contributed by atoms with Gasteiger partial charge in [0.2, 0.25) is 0 Å². The predicted molar refractivity (Wildman–Crippen MR) is 66.9 cm³/mol. The minimum absolute atomic E-state index is 1.16. The topological polar surface area (TPSA) is 15.3 Å². The van der Waals surface area contributed by atoms with E-state index >= 15 is 0 Å². The van der Waals surface area contributed by atoms with Crippen molar-refractivity contribution in [2.45, 2.75) is 47.0 Å². The van der Waals surface area contributed by atoms with E-state index in [-0.39, 0.29) is 0 Å². The van der Waals surface area contributed by atoms with Crippen molar-refractivity contribution in [1.29, 1.82) is 0 Å². The highest BCUT2D eigenvalue weighted by molar-refractivity contribution is 4.62. The van der Waals surface area contributed by atoms with Crippen molar-refractivity contribution in [3.8, 4) is 0 Å². The van der Waals surface area contributed by atoms with Crippen LogP contribution in [0.25, 0.3) is 0 Å². The first-order valence-corrected chi connectivity index (χ1v) is 6.20. The first-order valence-electron chi connectivity index (χ1n) is 6.20. The van der Waals surface area contributed by atoms with E-state index in [2.05, 4.69) is 31.1 Å². The first-order chi connectivity index (χ1) is 6.81. The second kappa shape index (κ2) is 15.4. The molecule has 0 atom stereocenters. The van der Waals surface area contributed by atoms with Gasteiger partial charge in [0, 0.05) is 26.2 Å². The lowest BCUT2D eigenvalue weighted by Gasteiger charge is -2.21. The van der Waals surface area contributed by atoms with Gasteiger partial charge in [0.05, 0.1) is 0 Å².